The number of hydrogen-bond donors (Lipinski definition) is 1. The standard InChI is InChI=1S/C28H26ClFN4O5/c1-28(8-9-28)39-26-23-25(31-14-32-26)34(13-16-10-17(30)6-7-20(16)37-2)24(33-23)19-4-3-5-21(22(19)29)38-18-11-15(12-18)27(35)36/h3-7,10,14-15,18H,8-9,11-13H2,1-2H3,(H,35,36). The lowest BCUT2D eigenvalue weighted by Crippen LogP contribution is -2.38. The van der Waals surface area contributed by atoms with E-state index in [1.807, 2.05) is 17.6 Å². The van der Waals surface area contributed by atoms with Gasteiger partial charge in [-0.2, -0.15) is 4.98 Å². The Labute approximate surface area is 228 Å². The minimum Gasteiger partial charge on any atom is -0.496 e. The molecule has 2 aliphatic carbocycles. The number of hydrogen-bond acceptors (Lipinski definition) is 7. The maximum atomic E-state index is 14.3. The second kappa shape index (κ2) is 9.68. The number of carboxylic acids is 1. The highest BCUT2D eigenvalue weighted by atomic mass is 35.5. The van der Waals surface area contributed by atoms with Crippen LogP contribution in [-0.2, 0) is 11.3 Å². The fraction of sp³-hybridized carbons (Fsp3) is 0.357. The van der Waals surface area contributed by atoms with Crippen LogP contribution in [0.5, 0.6) is 17.4 Å². The Morgan fingerprint density at radius 3 is 2.72 bits per heavy atom. The first-order valence-corrected chi connectivity index (χ1v) is 13.0. The number of carboxylic acid groups (broad SMARTS) is 1. The molecule has 2 fully saturated rings. The van der Waals surface area contributed by atoms with E-state index in [9.17, 15) is 14.3 Å². The number of carbonyl (C=O) groups is 1. The van der Waals surface area contributed by atoms with Gasteiger partial charge < -0.3 is 23.9 Å². The molecule has 0 saturated heterocycles. The monoisotopic (exact) mass is 552 g/mol. The van der Waals surface area contributed by atoms with Gasteiger partial charge in [0.15, 0.2) is 11.2 Å². The smallest absolute Gasteiger partial charge is 0.306 e. The molecule has 0 bridgehead atoms. The highest BCUT2D eigenvalue weighted by Crippen LogP contribution is 2.43. The molecule has 2 saturated carbocycles. The third-order valence-corrected chi connectivity index (χ3v) is 7.70. The zero-order valence-corrected chi connectivity index (χ0v) is 22.1. The fourth-order valence-corrected chi connectivity index (χ4v) is 4.97. The number of rotatable bonds is 9. The van der Waals surface area contributed by atoms with Crippen LogP contribution < -0.4 is 14.2 Å². The van der Waals surface area contributed by atoms with Gasteiger partial charge >= 0.3 is 5.97 Å². The summed E-state index contributed by atoms with van der Waals surface area (Å²) in [5, 5.41) is 9.51. The van der Waals surface area contributed by atoms with E-state index in [4.69, 9.17) is 30.8 Å². The maximum absolute atomic E-state index is 14.3. The zero-order valence-electron chi connectivity index (χ0n) is 21.4. The van der Waals surface area contributed by atoms with E-state index in [2.05, 4.69) is 9.97 Å². The summed E-state index contributed by atoms with van der Waals surface area (Å²) in [4.78, 5) is 24.9. The molecule has 1 N–H and O–H groups in total. The van der Waals surface area contributed by atoms with Crippen molar-refractivity contribution in [2.75, 3.05) is 7.11 Å². The van der Waals surface area contributed by atoms with E-state index in [1.54, 1.807) is 18.2 Å². The Bertz CT molecular complexity index is 1580. The molecular formula is C28H26ClFN4O5. The third-order valence-electron chi connectivity index (χ3n) is 7.31. The molecule has 0 amide bonds. The summed E-state index contributed by atoms with van der Waals surface area (Å²) in [5.41, 5.74) is 1.82. The Morgan fingerprint density at radius 2 is 2.00 bits per heavy atom. The molecule has 0 aliphatic heterocycles. The normalized spacial score (nSPS) is 19.4. The van der Waals surface area contributed by atoms with Crippen molar-refractivity contribution in [1.29, 1.82) is 0 Å². The van der Waals surface area contributed by atoms with E-state index >= 15 is 0 Å². The summed E-state index contributed by atoms with van der Waals surface area (Å²) in [7, 11) is 1.53. The molecule has 0 atom stereocenters. The van der Waals surface area contributed by atoms with E-state index in [0.29, 0.717) is 63.4 Å². The Balaban J connectivity index is 1.45. The van der Waals surface area contributed by atoms with E-state index in [0.717, 1.165) is 12.8 Å². The average Bonchev–Trinajstić information content (AvgIpc) is 3.49. The van der Waals surface area contributed by atoms with Gasteiger partial charge in [-0.3, -0.25) is 4.79 Å². The fourth-order valence-electron chi connectivity index (χ4n) is 4.72. The van der Waals surface area contributed by atoms with Crippen LogP contribution in [0.1, 0.15) is 38.2 Å². The SMILES string of the molecule is COc1ccc(F)cc1Cn1c(-c2cccc(OC3CC(C(=O)O)C3)c2Cl)nc2c(OC3(C)CC3)ncnc21. The van der Waals surface area contributed by atoms with Crippen molar-refractivity contribution >= 4 is 28.7 Å². The van der Waals surface area contributed by atoms with Crippen molar-refractivity contribution in [3.8, 4) is 28.8 Å². The van der Waals surface area contributed by atoms with Gasteiger partial charge in [0.05, 0.1) is 24.6 Å². The minimum absolute atomic E-state index is 0.185. The predicted octanol–water partition coefficient (Wildman–Crippen LogP) is 5.52. The molecule has 11 heteroatoms. The molecule has 2 aromatic carbocycles. The Morgan fingerprint density at radius 1 is 1.21 bits per heavy atom. The second-order valence-electron chi connectivity index (χ2n) is 10.2. The van der Waals surface area contributed by atoms with Crippen LogP contribution in [0.25, 0.3) is 22.6 Å². The molecule has 0 spiro atoms. The van der Waals surface area contributed by atoms with Gasteiger partial charge in [-0.15, -0.1) is 0 Å². The molecule has 2 aromatic heterocycles. The molecule has 39 heavy (non-hydrogen) atoms. The third kappa shape index (κ3) is 4.85. The first kappa shape index (κ1) is 25.4. The molecule has 2 heterocycles. The van der Waals surface area contributed by atoms with Gasteiger partial charge in [-0.1, -0.05) is 17.7 Å². The summed E-state index contributed by atoms with van der Waals surface area (Å²) in [6, 6.07) is 9.68. The van der Waals surface area contributed by atoms with E-state index < -0.39 is 17.7 Å². The van der Waals surface area contributed by atoms with Gasteiger partial charge in [0.1, 0.15) is 41.2 Å². The summed E-state index contributed by atoms with van der Waals surface area (Å²) >= 11 is 6.86. The number of aromatic nitrogens is 4. The lowest BCUT2D eigenvalue weighted by molar-refractivity contribution is -0.147. The number of fused-ring (bicyclic) bond motifs is 1. The molecule has 0 unspecified atom stereocenters. The molecule has 2 aliphatic rings. The zero-order chi connectivity index (χ0) is 27.3. The van der Waals surface area contributed by atoms with Gasteiger partial charge in [-0.25, -0.2) is 14.4 Å². The number of benzene rings is 2. The van der Waals surface area contributed by atoms with E-state index in [1.165, 1.54) is 25.6 Å². The van der Waals surface area contributed by atoms with Crippen LogP contribution in [0, 0.1) is 11.7 Å². The summed E-state index contributed by atoms with van der Waals surface area (Å²) in [6.07, 6.45) is 3.86. The molecular weight excluding hydrogens is 527 g/mol. The number of methoxy groups -OCH3 is 1. The number of imidazole rings is 1. The first-order valence-electron chi connectivity index (χ1n) is 12.7. The molecule has 0 radical (unpaired) electrons. The van der Waals surface area contributed by atoms with Crippen molar-refractivity contribution < 1.29 is 28.5 Å². The van der Waals surface area contributed by atoms with Gasteiger partial charge in [0, 0.05) is 11.1 Å². The van der Waals surface area contributed by atoms with Crippen molar-refractivity contribution in [2.45, 2.75) is 50.9 Å². The Hall–Kier alpha value is -3.92. The van der Waals surface area contributed by atoms with Gasteiger partial charge in [0.2, 0.25) is 5.88 Å². The summed E-state index contributed by atoms with van der Waals surface area (Å²) in [5.74, 6) is 0.146. The lowest BCUT2D eigenvalue weighted by atomic mass is 9.82. The Kier molecular flexibility index (Phi) is 6.29. The van der Waals surface area contributed by atoms with Crippen LogP contribution in [0.2, 0.25) is 5.02 Å². The van der Waals surface area contributed by atoms with Crippen LogP contribution in [0.15, 0.2) is 42.7 Å². The minimum atomic E-state index is -0.824. The predicted molar refractivity (Wildman–Crippen MR) is 141 cm³/mol. The second-order valence-corrected chi connectivity index (χ2v) is 10.6. The summed E-state index contributed by atoms with van der Waals surface area (Å²) in [6.45, 7) is 2.20. The van der Waals surface area contributed by atoms with Crippen molar-refractivity contribution in [3.63, 3.8) is 0 Å². The summed E-state index contributed by atoms with van der Waals surface area (Å²) < 4.78 is 33.8. The largest absolute Gasteiger partial charge is 0.496 e. The molecule has 202 valence electrons. The molecule has 9 nitrogen and oxygen atoms in total. The number of nitrogens with zero attached hydrogens (tertiary/aromatic N) is 4. The maximum Gasteiger partial charge on any atom is 0.306 e. The van der Waals surface area contributed by atoms with Crippen LogP contribution >= 0.6 is 11.6 Å². The average molecular weight is 553 g/mol. The lowest BCUT2D eigenvalue weighted by Gasteiger charge is -2.32. The van der Waals surface area contributed by atoms with Crippen molar-refractivity contribution in [3.05, 3.63) is 59.1 Å². The van der Waals surface area contributed by atoms with Gasteiger partial charge in [0.25, 0.3) is 0 Å². The van der Waals surface area contributed by atoms with Crippen LogP contribution in [0.3, 0.4) is 0 Å². The molecule has 6 rings (SSSR count). The van der Waals surface area contributed by atoms with Gasteiger partial charge in [-0.05, 0) is 62.9 Å². The first-order chi connectivity index (χ1) is 18.7. The molecule has 4 aromatic rings. The van der Waals surface area contributed by atoms with Crippen molar-refractivity contribution in [2.24, 2.45) is 5.92 Å². The van der Waals surface area contributed by atoms with E-state index in [-0.39, 0.29) is 18.2 Å². The highest BCUT2D eigenvalue weighted by molar-refractivity contribution is 6.34. The number of ether oxygens (including phenoxy) is 3. The van der Waals surface area contributed by atoms with Crippen LogP contribution in [-0.4, -0.2) is 49.4 Å². The van der Waals surface area contributed by atoms with Crippen LogP contribution in [0.4, 0.5) is 4.39 Å². The quantitative estimate of drug-likeness (QED) is 0.289. The number of aliphatic carboxylic acids is 1. The topological polar surface area (TPSA) is 109 Å². The number of halogens is 2. The van der Waals surface area contributed by atoms with Crippen molar-refractivity contribution in [1.82, 2.24) is 19.5 Å². The highest BCUT2D eigenvalue weighted by Gasteiger charge is 2.41.